The number of nitrogens with zero attached hydrogens (tertiary/aromatic N) is 1. The molecule has 1 aromatic carbocycles. The second kappa shape index (κ2) is 6.87. The number of allylic oxidation sites excluding steroid dienone is 3. The van der Waals surface area contributed by atoms with Crippen molar-refractivity contribution >= 4 is 12.7 Å². The molecule has 0 saturated heterocycles. The molecule has 90 valence electrons. The molecule has 0 saturated carbocycles. The predicted molar refractivity (Wildman–Crippen MR) is 72.7 cm³/mol. The molecular weight excluding hydrogens is 226 g/mol. The molecule has 0 aliphatic carbocycles. The van der Waals surface area contributed by atoms with Crippen LogP contribution in [0.2, 0.25) is 0 Å². The molecular formula is C15H13NO2. The molecule has 0 spiro atoms. The van der Waals surface area contributed by atoms with E-state index in [0.717, 1.165) is 11.1 Å². The monoisotopic (exact) mass is 239 g/mol. The van der Waals surface area contributed by atoms with E-state index in [9.17, 15) is 4.79 Å². The van der Waals surface area contributed by atoms with Gasteiger partial charge in [-0.25, -0.2) is 4.79 Å². The van der Waals surface area contributed by atoms with Crippen LogP contribution in [0.4, 0.5) is 0 Å². The highest BCUT2D eigenvalue weighted by atomic mass is 16.4. The fourth-order valence-corrected chi connectivity index (χ4v) is 1.18. The van der Waals surface area contributed by atoms with Crippen molar-refractivity contribution in [2.24, 2.45) is 4.99 Å². The zero-order valence-electron chi connectivity index (χ0n) is 10.1. The van der Waals surface area contributed by atoms with Gasteiger partial charge in [0, 0.05) is 17.3 Å². The number of carbonyl (C=O) groups is 1. The number of benzene rings is 1. The fraction of sp³-hybridized carbons (Fsp3) is 0.0667. The van der Waals surface area contributed by atoms with E-state index in [2.05, 4.69) is 23.6 Å². The van der Waals surface area contributed by atoms with Crippen LogP contribution in [0.15, 0.2) is 53.2 Å². The molecule has 0 heterocycles. The smallest absolute Gasteiger partial charge is 0.335 e. The Labute approximate surface area is 106 Å². The van der Waals surface area contributed by atoms with Crippen molar-refractivity contribution in [1.29, 1.82) is 0 Å². The predicted octanol–water partition coefficient (Wildman–Crippen LogP) is 2.90. The van der Waals surface area contributed by atoms with E-state index in [4.69, 9.17) is 5.11 Å². The quantitative estimate of drug-likeness (QED) is 0.501. The maximum absolute atomic E-state index is 10.7. The summed E-state index contributed by atoms with van der Waals surface area (Å²) in [5.41, 5.74) is 1.84. The first-order chi connectivity index (χ1) is 8.67. The Hall–Kier alpha value is -2.60. The number of hydrogen-bond acceptors (Lipinski definition) is 2. The van der Waals surface area contributed by atoms with Crippen molar-refractivity contribution in [2.75, 3.05) is 0 Å². The summed E-state index contributed by atoms with van der Waals surface area (Å²) in [5.74, 6) is 4.96. The van der Waals surface area contributed by atoms with Crippen LogP contribution in [0.3, 0.4) is 0 Å². The van der Waals surface area contributed by atoms with Gasteiger partial charge in [0.15, 0.2) is 0 Å². The van der Waals surface area contributed by atoms with Gasteiger partial charge in [-0.05, 0) is 44.0 Å². The van der Waals surface area contributed by atoms with Crippen LogP contribution in [-0.2, 0) is 0 Å². The van der Waals surface area contributed by atoms with Crippen LogP contribution < -0.4 is 0 Å². The summed E-state index contributed by atoms with van der Waals surface area (Å²) in [7, 11) is 0. The molecule has 0 radical (unpaired) electrons. The van der Waals surface area contributed by atoms with Crippen molar-refractivity contribution in [3.8, 4) is 11.8 Å². The molecule has 3 nitrogen and oxygen atoms in total. The van der Waals surface area contributed by atoms with E-state index < -0.39 is 5.97 Å². The lowest BCUT2D eigenvalue weighted by Crippen LogP contribution is -1.94. The van der Waals surface area contributed by atoms with Crippen LogP contribution in [-0.4, -0.2) is 17.8 Å². The number of carboxylic acids is 1. The van der Waals surface area contributed by atoms with Crippen LogP contribution in [0, 0.1) is 11.8 Å². The van der Waals surface area contributed by atoms with Crippen LogP contribution >= 0.6 is 0 Å². The fourth-order valence-electron chi connectivity index (χ4n) is 1.18. The molecule has 0 unspecified atom stereocenters. The van der Waals surface area contributed by atoms with E-state index >= 15 is 0 Å². The molecule has 18 heavy (non-hydrogen) atoms. The summed E-state index contributed by atoms with van der Waals surface area (Å²) in [6.07, 6.45) is 5.18. The van der Waals surface area contributed by atoms with Gasteiger partial charge in [-0.15, -0.1) is 0 Å². The third-order valence-corrected chi connectivity index (χ3v) is 2.15. The first-order valence-corrected chi connectivity index (χ1v) is 5.31. The highest BCUT2D eigenvalue weighted by Crippen LogP contribution is 2.04. The average molecular weight is 239 g/mol. The van der Waals surface area contributed by atoms with Crippen LogP contribution in [0.5, 0.6) is 0 Å². The molecule has 1 rings (SSSR count). The lowest BCUT2D eigenvalue weighted by Gasteiger charge is -1.93. The summed E-state index contributed by atoms with van der Waals surface area (Å²) in [6, 6.07) is 6.42. The second-order valence-electron chi connectivity index (χ2n) is 3.37. The standard InChI is InChI=1S/C15H13NO2/c1-3-12(10-11-16-2)4-5-13-6-8-14(9-7-13)15(17)18/h3,6-11H,2H2,1H3,(H,17,18)/b11-10-,12-3-. The van der Waals surface area contributed by atoms with Gasteiger partial charge >= 0.3 is 5.97 Å². The third-order valence-electron chi connectivity index (χ3n) is 2.15. The number of rotatable bonds is 3. The summed E-state index contributed by atoms with van der Waals surface area (Å²) in [4.78, 5) is 14.3. The maximum Gasteiger partial charge on any atom is 0.335 e. The highest BCUT2D eigenvalue weighted by molar-refractivity contribution is 5.87. The number of hydrogen-bond donors (Lipinski definition) is 1. The van der Waals surface area contributed by atoms with Crippen molar-refractivity contribution in [2.45, 2.75) is 6.92 Å². The molecule has 0 amide bonds. The summed E-state index contributed by atoms with van der Waals surface area (Å²) in [5, 5.41) is 8.76. The minimum Gasteiger partial charge on any atom is -0.478 e. The average Bonchev–Trinajstić information content (AvgIpc) is 2.39. The van der Waals surface area contributed by atoms with E-state index in [1.807, 2.05) is 13.0 Å². The Balaban J connectivity index is 2.88. The minimum atomic E-state index is -0.941. The summed E-state index contributed by atoms with van der Waals surface area (Å²) < 4.78 is 0. The SMILES string of the molecule is C=N/C=C\C(C#Cc1ccc(C(=O)O)cc1)=C/C. The maximum atomic E-state index is 10.7. The Morgan fingerprint density at radius 1 is 1.39 bits per heavy atom. The van der Waals surface area contributed by atoms with E-state index in [1.165, 1.54) is 12.1 Å². The normalized spacial score (nSPS) is 10.8. The van der Waals surface area contributed by atoms with Crippen molar-refractivity contribution in [3.05, 3.63) is 59.3 Å². The zero-order valence-corrected chi connectivity index (χ0v) is 10.1. The van der Waals surface area contributed by atoms with Gasteiger partial charge < -0.3 is 5.11 Å². The van der Waals surface area contributed by atoms with Crippen molar-refractivity contribution in [3.63, 3.8) is 0 Å². The highest BCUT2D eigenvalue weighted by Gasteiger charge is 1.99. The third kappa shape index (κ3) is 4.11. The lowest BCUT2D eigenvalue weighted by molar-refractivity contribution is 0.0697. The van der Waals surface area contributed by atoms with E-state index in [-0.39, 0.29) is 5.56 Å². The Kier molecular flexibility index (Phi) is 5.14. The summed E-state index contributed by atoms with van der Waals surface area (Å²) in [6.45, 7) is 5.22. The first-order valence-electron chi connectivity index (χ1n) is 5.31. The molecule has 0 aliphatic rings. The van der Waals surface area contributed by atoms with Crippen LogP contribution in [0.25, 0.3) is 0 Å². The van der Waals surface area contributed by atoms with Gasteiger partial charge in [0.1, 0.15) is 0 Å². The topological polar surface area (TPSA) is 49.7 Å². The first kappa shape index (κ1) is 13.5. The molecule has 0 aliphatic heterocycles. The van der Waals surface area contributed by atoms with Gasteiger partial charge in [0.05, 0.1) is 5.56 Å². The Bertz CT molecular complexity index is 554. The largest absolute Gasteiger partial charge is 0.478 e. The van der Waals surface area contributed by atoms with Crippen molar-refractivity contribution in [1.82, 2.24) is 0 Å². The minimum absolute atomic E-state index is 0.252. The number of aliphatic imine (C=N–C) groups is 1. The molecule has 0 bridgehead atoms. The summed E-state index contributed by atoms with van der Waals surface area (Å²) >= 11 is 0. The molecule has 0 fully saturated rings. The van der Waals surface area contributed by atoms with Gasteiger partial charge in [-0.1, -0.05) is 17.9 Å². The van der Waals surface area contributed by atoms with Gasteiger partial charge in [-0.2, -0.15) is 0 Å². The Morgan fingerprint density at radius 3 is 2.56 bits per heavy atom. The number of carboxylic acid groups (broad SMARTS) is 1. The van der Waals surface area contributed by atoms with E-state index in [1.54, 1.807) is 24.4 Å². The zero-order chi connectivity index (χ0) is 13.4. The van der Waals surface area contributed by atoms with Gasteiger partial charge in [-0.3, -0.25) is 4.99 Å². The van der Waals surface area contributed by atoms with E-state index in [0.29, 0.717) is 0 Å². The molecule has 0 aromatic heterocycles. The molecule has 1 N–H and O–H groups in total. The number of aromatic carboxylic acids is 1. The molecule has 1 aromatic rings. The van der Waals surface area contributed by atoms with Gasteiger partial charge in [0.25, 0.3) is 0 Å². The molecule has 0 atom stereocenters. The lowest BCUT2D eigenvalue weighted by atomic mass is 10.1. The van der Waals surface area contributed by atoms with Gasteiger partial charge in [0.2, 0.25) is 0 Å². The second-order valence-corrected chi connectivity index (χ2v) is 3.37. The molecule has 3 heteroatoms. The van der Waals surface area contributed by atoms with Crippen LogP contribution in [0.1, 0.15) is 22.8 Å². The Morgan fingerprint density at radius 2 is 2.06 bits per heavy atom. The van der Waals surface area contributed by atoms with Crippen molar-refractivity contribution < 1.29 is 9.90 Å².